The monoisotopic (exact) mass is 307 g/mol. The first kappa shape index (κ1) is 15.5. The van der Waals surface area contributed by atoms with Gasteiger partial charge >= 0.3 is 0 Å². The highest BCUT2D eigenvalue weighted by Gasteiger charge is 2.31. The van der Waals surface area contributed by atoms with Crippen LogP contribution in [0.1, 0.15) is 19.3 Å². The molecule has 1 amide bonds. The van der Waals surface area contributed by atoms with Crippen molar-refractivity contribution in [2.75, 3.05) is 25.5 Å². The van der Waals surface area contributed by atoms with Crippen LogP contribution in [0.15, 0.2) is 18.2 Å². The molecule has 21 heavy (non-hydrogen) atoms. The molecule has 1 aromatic rings. The second-order valence-corrected chi connectivity index (χ2v) is 5.37. The van der Waals surface area contributed by atoms with Crippen LogP contribution in [-0.4, -0.2) is 37.0 Å². The number of anilines is 1. The largest absolute Gasteiger partial charge is 0.495 e. The maximum atomic E-state index is 12.1. The van der Waals surface area contributed by atoms with Crippen molar-refractivity contribution in [1.82, 2.24) is 4.90 Å². The number of amides is 1. The highest BCUT2D eigenvalue weighted by molar-refractivity contribution is 6.30. The quantitative estimate of drug-likeness (QED) is 0.787. The van der Waals surface area contributed by atoms with Gasteiger partial charge in [-0.3, -0.25) is 4.79 Å². The van der Waals surface area contributed by atoms with Crippen molar-refractivity contribution in [2.45, 2.75) is 25.3 Å². The summed E-state index contributed by atoms with van der Waals surface area (Å²) in [6.07, 6.45) is 2.35. The third kappa shape index (κ3) is 4.27. The molecular formula is C15H18ClN3O2. The van der Waals surface area contributed by atoms with Gasteiger partial charge in [0.05, 0.1) is 18.9 Å². The van der Waals surface area contributed by atoms with Gasteiger partial charge in [0, 0.05) is 24.0 Å². The van der Waals surface area contributed by atoms with E-state index in [-0.39, 0.29) is 18.5 Å². The predicted octanol–water partition coefficient (Wildman–Crippen LogP) is 2.67. The minimum absolute atomic E-state index is 0.00699. The summed E-state index contributed by atoms with van der Waals surface area (Å²) in [6, 6.07) is 7.60. The maximum absolute atomic E-state index is 12.1. The molecule has 0 spiro atoms. The van der Waals surface area contributed by atoms with E-state index in [4.69, 9.17) is 21.6 Å². The molecule has 1 aromatic carbocycles. The molecule has 0 radical (unpaired) electrons. The van der Waals surface area contributed by atoms with E-state index in [1.54, 1.807) is 30.2 Å². The smallest absolute Gasteiger partial charge is 0.225 e. The zero-order valence-corrected chi connectivity index (χ0v) is 12.7. The summed E-state index contributed by atoms with van der Waals surface area (Å²) in [5, 5.41) is 12.5. The van der Waals surface area contributed by atoms with Crippen LogP contribution in [0, 0.1) is 11.3 Å². The molecule has 2 rings (SSSR count). The average molecular weight is 308 g/mol. The first-order chi connectivity index (χ1) is 10.2. The van der Waals surface area contributed by atoms with Crippen molar-refractivity contribution in [1.29, 1.82) is 5.26 Å². The number of halogens is 1. The summed E-state index contributed by atoms with van der Waals surface area (Å²) >= 11 is 5.95. The van der Waals surface area contributed by atoms with E-state index in [9.17, 15) is 4.79 Å². The van der Waals surface area contributed by atoms with Crippen molar-refractivity contribution < 1.29 is 9.53 Å². The van der Waals surface area contributed by atoms with E-state index in [0.29, 0.717) is 23.7 Å². The Hall–Kier alpha value is -1.93. The predicted molar refractivity (Wildman–Crippen MR) is 81.5 cm³/mol. The summed E-state index contributed by atoms with van der Waals surface area (Å²) < 4.78 is 5.23. The number of nitriles is 1. The summed E-state index contributed by atoms with van der Waals surface area (Å²) in [5.74, 6) is 0.690. The fraction of sp³-hybridized carbons (Fsp3) is 0.467. The Morgan fingerprint density at radius 1 is 1.57 bits per heavy atom. The molecule has 5 nitrogen and oxygen atoms in total. The molecule has 0 atom stereocenters. The van der Waals surface area contributed by atoms with Crippen LogP contribution in [0.3, 0.4) is 0 Å². The van der Waals surface area contributed by atoms with Gasteiger partial charge in [-0.05, 0) is 31.0 Å². The Balaban J connectivity index is 1.87. The Labute approximate surface area is 129 Å². The number of nitrogens with zero attached hydrogens (tertiary/aromatic N) is 2. The molecule has 1 aliphatic carbocycles. The molecule has 0 heterocycles. The van der Waals surface area contributed by atoms with Crippen LogP contribution < -0.4 is 10.1 Å². The number of nitrogens with one attached hydrogen (secondary N) is 1. The molecular weight excluding hydrogens is 290 g/mol. The summed E-state index contributed by atoms with van der Waals surface area (Å²) in [7, 11) is 1.58. The van der Waals surface area contributed by atoms with Gasteiger partial charge in [-0.25, -0.2) is 0 Å². The normalized spacial score (nSPS) is 13.4. The SMILES string of the molecule is COc1ccc(Cl)cc1NCCC(=O)N(CC#N)C1CC1. The van der Waals surface area contributed by atoms with Gasteiger partial charge in [0.15, 0.2) is 0 Å². The molecule has 1 N–H and O–H groups in total. The van der Waals surface area contributed by atoms with Crippen molar-refractivity contribution >= 4 is 23.2 Å². The van der Waals surface area contributed by atoms with E-state index in [2.05, 4.69) is 11.4 Å². The number of ether oxygens (including phenoxy) is 1. The molecule has 0 aromatic heterocycles. The Morgan fingerprint density at radius 2 is 2.33 bits per heavy atom. The zero-order chi connectivity index (χ0) is 15.2. The lowest BCUT2D eigenvalue weighted by Gasteiger charge is -2.19. The topological polar surface area (TPSA) is 65.4 Å². The van der Waals surface area contributed by atoms with Crippen molar-refractivity contribution in [3.8, 4) is 11.8 Å². The number of rotatable bonds is 7. The van der Waals surface area contributed by atoms with E-state index in [0.717, 1.165) is 18.5 Å². The fourth-order valence-corrected chi connectivity index (χ4v) is 2.32. The van der Waals surface area contributed by atoms with Gasteiger partial charge in [0.1, 0.15) is 12.3 Å². The Bertz CT molecular complexity index is 552. The average Bonchev–Trinajstić information content (AvgIpc) is 3.29. The minimum Gasteiger partial charge on any atom is -0.495 e. The lowest BCUT2D eigenvalue weighted by Crippen LogP contribution is -2.34. The summed E-state index contributed by atoms with van der Waals surface area (Å²) in [5.41, 5.74) is 0.760. The standard InChI is InChI=1S/C15H18ClN3O2/c1-21-14-5-2-11(16)10-13(14)18-8-6-15(20)19(9-7-17)12-3-4-12/h2,5,10,12,18H,3-4,6,8-9H2,1H3. The molecule has 0 saturated heterocycles. The second-order valence-electron chi connectivity index (χ2n) is 4.93. The molecule has 1 saturated carbocycles. The first-order valence-electron chi connectivity index (χ1n) is 6.89. The molecule has 1 aliphatic rings. The van der Waals surface area contributed by atoms with E-state index in [1.807, 2.05) is 0 Å². The van der Waals surface area contributed by atoms with Gasteiger partial charge in [0.2, 0.25) is 5.91 Å². The number of hydrogen-bond acceptors (Lipinski definition) is 4. The first-order valence-corrected chi connectivity index (χ1v) is 7.27. The number of carbonyl (C=O) groups is 1. The van der Waals surface area contributed by atoms with Gasteiger partial charge in [-0.1, -0.05) is 11.6 Å². The highest BCUT2D eigenvalue weighted by atomic mass is 35.5. The second kappa shape index (κ2) is 7.19. The molecule has 1 fully saturated rings. The molecule has 112 valence electrons. The lowest BCUT2D eigenvalue weighted by molar-refractivity contribution is -0.130. The van der Waals surface area contributed by atoms with Crippen LogP contribution in [0.2, 0.25) is 5.02 Å². The maximum Gasteiger partial charge on any atom is 0.225 e. The lowest BCUT2D eigenvalue weighted by atomic mass is 10.2. The van der Waals surface area contributed by atoms with Crippen molar-refractivity contribution in [2.24, 2.45) is 0 Å². The Kier molecular flexibility index (Phi) is 5.29. The molecule has 0 aliphatic heterocycles. The number of carbonyl (C=O) groups excluding carboxylic acids is 1. The molecule has 0 bridgehead atoms. The van der Waals surface area contributed by atoms with Gasteiger partial charge in [0.25, 0.3) is 0 Å². The van der Waals surface area contributed by atoms with Crippen LogP contribution in [0.5, 0.6) is 5.75 Å². The Morgan fingerprint density at radius 3 is 2.95 bits per heavy atom. The van der Waals surface area contributed by atoms with Crippen molar-refractivity contribution in [3.63, 3.8) is 0 Å². The number of hydrogen-bond donors (Lipinski definition) is 1. The molecule has 0 unspecified atom stereocenters. The summed E-state index contributed by atoms with van der Waals surface area (Å²) in [4.78, 5) is 13.8. The third-order valence-corrected chi connectivity index (χ3v) is 3.60. The highest BCUT2D eigenvalue weighted by Crippen LogP contribution is 2.28. The van der Waals surface area contributed by atoms with Crippen LogP contribution in [0.25, 0.3) is 0 Å². The zero-order valence-electron chi connectivity index (χ0n) is 11.9. The minimum atomic E-state index is 0.00699. The van der Waals surface area contributed by atoms with Gasteiger partial charge in [-0.2, -0.15) is 5.26 Å². The van der Waals surface area contributed by atoms with E-state index >= 15 is 0 Å². The van der Waals surface area contributed by atoms with Crippen LogP contribution in [0.4, 0.5) is 5.69 Å². The molecule has 6 heteroatoms. The van der Waals surface area contributed by atoms with Crippen molar-refractivity contribution in [3.05, 3.63) is 23.2 Å². The van der Waals surface area contributed by atoms with Crippen LogP contribution in [-0.2, 0) is 4.79 Å². The van der Waals surface area contributed by atoms with E-state index < -0.39 is 0 Å². The number of methoxy groups -OCH3 is 1. The van der Waals surface area contributed by atoms with Crippen LogP contribution >= 0.6 is 11.6 Å². The van der Waals surface area contributed by atoms with Gasteiger partial charge in [-0.15, -0.1) is 0 Å². The number of benzene rings is 1. The fourth-order valence-electron chi connectivity index (χ4n) is 2.15. The third-order valence-electron chi connectivity index (χ3n) is 3.36. The van der Waals surface area contributed by atoms with Gasteiger partial charge < -0.3 is 15.0 Å². The summed E-state index contributed by atoms with van der Waals surface area (Å²) in [6.45, 7) is 0.647. The van der Waals surface area contributed by atoms with E-state index in [1.165, 1.54) is 0 Å².